The van der Waals surface area contributed by atoms with Gasteiger partial charge in [-0.25, -0.2) is 0 Å². The van der Waals surface area contributed by atoms with Crippen LogP contribution in [-0.2, 0) is 9.53 Å². The summed E-state index contributed by atoms with van der Waals surface area (Å²) in [5.74, 6) is 0.295. The highest BCUT2D eigenvalue weighted by Crippen LogP contribution is 2.48. The molecule has 0 aromatic heterocycles. The van der Waals surface area contributed by atoms with E-state index in [0.29, 0.717) is 18.4 Å². The van der Waals surface area contributed by atoms with E-state index in [0.717, 1.165) is 32.3 Å². The molecule has 0 radical (unpaired) electrons. The maximum Gasteiger partial charge on any atom is 0.312 e. The van der Waals surface area contributed by atoms with Gasteiger partial charge in [0.1, 0.15) is 0 Å². The maximum absolute atomic E-state index is 11.8. The van der Waals surface area contributed by atoms with Crippen molar-refractivity contribution in [1.29, 1.82) is 0 Å². The molecule has 3 atom stereocenters. The van der Waals surface area contributed by atoms with Crippen molar-refractivity contribution in [2.45, 2.75) is 51.9 Å². The van der Waals surface area contributed by atoms with E-state index >= 15 is 0 Å². The van der Waals surface area contributed by atoms with Crippen molar-refractivity contribution in [3.05, 3.63) is 0 Å². The van der Waals surface area contributed by atoms with E-state index in [1.807, 2.05) is 0 Å². The van der Waals surface area contributed by atoms with E-state index in [9.17, 15) is 9.90 Å². The molecule has 1 saturated heterocycles. The lowest BCUT2D eigenvalue weighted by Crippen LogP contribution is -2.48. The van der Waals surface area contributed by atoms with Crippen molar-refractivity contribution in [2.24, 2.45) is 17.3 Å². The summed E-state index contributed by atoms with van der Waals surface area (Å²) in [7, 11) is 0. The van der Waals surface area contributed by atoms with Crippen LogP contribution in [0, 0.1) is 17.3 Å². The second-order valence-corrected chi connectivity index (χ2v) is 5.68. The smallest absolute Gasteiger partial charge is 0.312 e. The molecule has 2 fully saturated rings. The Labute approximate surface area is 104 Å². The number of rotatable bonds is 3. The number of carboxylic acids is 1. The molecule has 1 aliphatic heterocycles. The van der Waals surface area contributed by atoms with E-state index < -0.39 is 11.4 Å². The number of carboxylic acid groups (broad SMARTS) is 1. The van der Waals surface area contributed by atoms with E-state index in [1.165, 1.54) is 19.3 Å². The van der Waals surface area contributed by atoms with Crippen molar-refractivity contribution >= 4 is 5.97 Å². The largest absolute Gasteiger partial charge is 0.481 e. The van der Waals surface area contributed by atoms with Gasteiger partial charge in [0.05, 0.1) is 12.0 Å². The van der Waals surface area contributed by atoms with E-state index in [4.69, 9.17) is 4.74 Å². The zero-order valence-corrected chi connectivity index (χ0v) is 10.8. The summed E-state index contributed by atoms with van der Waals surface area (Å²) < 4.78 is 5.51. The first-order valence-corrected chi connectivity index (χ1v) is 7.02. The molecule has 1 N–H and O–H groups in total. The summed E-state index contributed by atoms with van der Waals surface area (Å²) >= 11 is 0. The molecular weight excluding hydrogens is 216 g/mol. The van der Waals surface area contributed by atoms with Gasteiger partial charge in [-0.1, -0.05) is 32.6 Å². The molecule has 17 heavy (non-hydrogen) atoms. The highest BCUT2D eigenvalue weighted by Gasteiger charge is 2.50. The molecule has 3 nitrogen and oxygen atoms in total. The highest BCUT2D eigenvalue weighted by molar-refractivity contribution is 5.75. The molecule has 2 rings (SSSR count). The molecule has 0 spiro atoms. The van der Waals surface area contributed by atoms with Gasteiger partial charge in [-0.15, -0.1) is 0 Å². The van der Waals surface area contributed by atoms with Crippen molar-refractivity contribution in [3.63, 3.8) is 0 Å². The summed E-state index contributed by atoms with van der Waals surface area (Å²) in [6.07, 6.45) is 7.56. The van der Waals surface area contributed by atoms with Gasteiger partial charge >= 0.3 is 5.97 Å². The predicted octanol–water partition coefficient (Wildman–Crippen LogP) is 3.08. The first-order valence-electron chi connectivity index (χ1n) is 7.02. The maximum atomic E-state index is 11.8. The second-order valence-electron chi connectivity index (χ2n) is 5.68. The molecule has 1 heterocycles. The Kier molecular flexibility index (Phi) is 4.08. The minimum Gasteiger partial charge on any atom is -0.481 e. The standard InChI is InChI=1S/C14H24O3/c1-2-11-6-3-4-7-12(11)14(13(15)16)8-5-9-17-10-14/h11-12H,2-10H2,1H3,(H,15,16). The van der Waals surface area contributed by atoms with Gasteiger partial charge in [-0.3, -0.25) is 4.79 Å². The fourth-order valence-electron chi connectivity index (χ4n) is 3.86. The first kappa shape index (κ1) is 12.9. The molecule has 3 unspecified atom stereocenters. The fourth-order valence-corrected chi connectivity index (χ4v) is 3.86. The lowest BCUT2D eigenvalue weighted by Gasteiger charge is -2.45. The minimum absolute atomic E-state index is 0.332. The van der Waals surface area contributed by atoms with Crippen LogP contribution in [0.3, 0.4) is 0 Å². The Balaban J connectivity index is 2.21. The number of ether oxygens (including phenoxy) is 1. The second kappa shape index (κ2) is 5.38. The van der Waals surface area contributed by atoms with E-state index in [2.05, 4.69) is 6.92 Å². The molecular formula is C14H24O3. The van der Waals surface area contributed by atoms with Crippen LogP contribution in [0.2, 0.25) is 0 Å². The Morgan fingerprint density at radius 2 is 2.12 bits per heavy atom. The quantitative estimate of drug-likeness (QED) is 0.824. The predicted molar refractivity (Wildman–Crippen MR) is 65.9 cm³/mol. The number of aliphatic carboxylic acids is 1. The normalized spacial score (nSPS) is 38.9. The third-order valence-corrected chi connectivity index (χ3v) is 4.84. The topological polar surface area (TPSA) is 46.5 Å². The summed E-state index contributed by atoms with van der Waals surface area (Å²) in [5, 5.41) is 9.67. The summed E-state index contributed by atoms with van der Waals surface area (Å²) in [6, 6.07) is 0. The van der Waals surface area contributed by atoms with Crippen LogP contribution < -0.4 is 0 Å². The zero-order valence-electron chi connectivity index (χ0n) is 10.8. The third-order valence-electron chi connectivity index (χ3n) is 4.84. The average Bonchev–Trinajstić information content (AvgIpc) is 2.39. The zero-order chi connectivity index (χ0) is 12.3. The van der Waals surface area contributed by atoms with Crippen LogP contribution in [0.15, 0.2) is 0 Å². The fraction of sp³-hybridized carbons (Fsp3) is 0.929. The van der Waals surface area contributed by atoms with Crippen molar-refractivity contribution in [3.8, 4) is 0 Å². The van der Waals surface area contributed by atoms with Crippen molar-refractivity contribution < 1.29 is 14.6 Å². The Morgan fingerprint density at radius 3 is 2.71 bits per heavy atom. The molecule has 0 aromatic rings. The van der Waals surface area contributed by atoms with Gasteiger partial charge in [-0.05, 0) is 31.1 Å². The van der Waals surface area contributed by atoms with Crippen molar-refractivity contribution in [1.82, 2.24) is 0 Å². The Morgan fingerprint density at radius 1 is 1.35 bits per heavy atom. The number of hydrogen-bond donors (Lipinski definition) is 1. The van der Waals surface area contributed by atoms with Crippen LogP contribution in [0.25, 0.3) is 0 Å². The molecule has 0 aromatic carbocycles. The molecule has 0 bridgehead atoms. The van der Waals surface area contributed by atoms with Crippen LogP contribution >= 0.6 is 0 Å². The third kappa shape index (κ3) is 2.35. The monoisotopic (exact) mass is 240 g/mol. The summed E-state index contributed by atoms with van der Waals surface area (Å²) in [4.78, 5) is 11.8. The van der Waals surface area contributed by atoms with Gasteiger partial charge in [-0.2, -0.15) is 0 Å². The van der Waals surface area contributed by atoms with Crippen molar-refractivity contribution in [2.75, 3.05) is 13.2 Å². The number of carbonyl (C=O) groups is 1. The van der Waals surface area contributed by atoms with E-state index in [-0.39, 0.29) is 0 Å². The minimum atomic E-state index is -0.623. The Bertz CT molecular complexity index is 269. The van der Waals surface area contributed by atoms with Gasteiger partial charge in [0.2, 0.25) is 0 Å². The summed E-state index contributed by atoms with van der Waals surface area (Å²) in [6.45, 7) is 3.37. The van der Waals surface area contributed by atoms with Crippen LogP contribution in [-0.4, -0.2) is 24.3 Å². The van der Waals surface area contributed by atoms with Gasteiger partial charge in [0.15, 0.2) is 0 Å². The van der Waals surface area contributed by atoms with Crippen LogP contribution in [0.1, 0.15) is 51.9 Å². The SMILES string of the molecule is CCC1CCCCC1C1(C(=O)O)CCCOC1. The molecule has 2 aliphatic rings. The lowest BCUT2D eigenvalue weighted by molar-refractivity contribution is -0.168. The molecule has 0 amide bonds. The molecule has 1 saturated carbocycles. The van der Waals surface area contributed by atoms with Gasteiger partial charge in [0, 0.05) is 6.61 Å². The Hall–Kier alpha value is -0.570. The molecule has 98 valence electrons. The van der Waals surface area contributed by atoms with Crippen LogP contribution in [0.4, 0.5) is 0 Å². The van der Waals surface area contributed by atoms with E-state index in [1.54, 1.807) is 0 Å². The lowest BCUT2D eigenvalue weighted by atomic mass is 9.61. The summed E-state index contributed by atoms with van der Waals surface area (Å²) in [5.41, 5.74) is -0.584. The molecule has 1 aliphatic carbocycles. The van der Waals surface area contributed by atoms with Crippen LogP contribution in [0.5, 0.6) is 0 Å². The average molecular weight is 240 g/mol. The molecule has 3 heteroatoms. The highest BCUT2D eigenvalue weighted by atomic mass is 16.5. The number of hydrogen-bond acceptors (Lipinski definition) is 2. The van der Waals surface area contributed by atoms with Gasteiger partial charge < -0.3 is 9.84 Å². The van der Waals surface area contributed by atoms with Gasteiger partial charge in [0.25, 0.3) is 0 Å². The first-order chi connectivity index (χ1) is 8.20.